The molecule has 0 aliphatic rings. The third-order valence-corrected chi connectivity index (χ3v) is 4.30. The maximum atomic E-state index is 3.66. The van der Waals surface area contributed by atoms with Crippen molar-refractivity contribution in [2.45, 2.75) is 59.9 Å². The number of rotatable bonds is 7. The van der Waals surface area contributed by atoms with Crippen LogP contribution in [0.1, 0.15) is 53.5 Å². The van der Waals surface area contributed by atoms with Gasteiger partial charge in [0.1, 0.15) is 0 Å². The molecule has 2 nitrogen and oxygen atoms in total. The molecular weight excluding hydrogens is 256 g/mol. The van der Waals surface area contributed by atoms with Gasteiger partial charge in [-0.2, -0.15) is 0 Å². The number of benzene rings is 1. The second kappa shape index (κ2) is 7.31. The smallest absolute Gasteiger partial charge is 0.0363 e. The van der Waals surface area contributed by atoms with E-state index >= 15 is 0 Å². The van der Waals surface area contributed by atoms with Crippen LogP contribution in [0.5, 0.6) is 0 Å². The molecule has 0 aromatic heterocycles. The summed E-state index contributed by atoms with van der Waals surface area (Å²) in [5.74, 6) is 0. The predicted octanol–water partition coefficient (Wildman–Crippen LogP) is 4.49. The zero-order valence-electron chi connectivity index (χ0n) is 15.1. The Kier molecular flexibility index (Phi) is 6.27. The van der Waals surface area contributed by atoms with E-state index in [1.165, 1.54) is 17.7 Å². The van der Waals surface area contributed by atoms with Crippen LogP contribution in [0, 0.1) is 5.41 Å². The molecule has 0 fully saturated rings. The quantitative estimate of drug-likeness (QED) is 0.796. The van der Waals surface area contributed by atoms with Crippen LogP contribution in [0.15, 0.2) is 24.3 Å². The van der Waals surface area contributed by atoms with Crippen LogP contribution >= 0.6 is 0 Å². The zero-order chi connectivity index (χ0) is 16.1. The molecule has 0 spiro atoms. The van der Waals surface area contributed by atoms with Gasteiger partial charge in [0.15, 0.2) is 0 Å². The van der Waals surface area contributed by atoms with E-state index in [0.29, 0.717) is 0 Å². The lowest BCUT2D eigenvalue weighted by atomic mass is 9.85. The molecule has 1 aromatic carbocycles. The highest BCUT2D eigenvalue weighted by Gasteiger charge is 2.26. The van der Waals surface area contributed by atoms with Gasteiger partial charge in [0.2, 0.25) is 0 Å². The highest BCUT2D eigenvalue weighted by molar-refractivity contribution is 5.47. The summed E-state index contributed by atoms with van der Waals surface area (Å²) in [4.78, 5) is 2.38. The first-order valence-corrected chi connectivity index (χ1v) is 8.24. The zero-order valence-corrected chi connectivity index (χ0v) is 15.1. The van der Waals surface area contributed by atoms with Gasteiger partial charge in [0, 0.05) is 31.4 Å². The van der Waals surface area contributed by atoms with Crippen LogP contribution < -0.4 is 10.2 Å². The van der Waals surface area contributed by atoms with E-state index < -0.39 is 0 Å². The van der Waals surface area contributed by atoms with Crippen LogP contribution in [0.25, 0.3) is 0 Å². The Morgan fingerprint density at radius 2 is 1.57 bits per heavy atom. The summed E-state index contributed by atoms with van der Waals surface area (Å²) in [6.45, 7) is 15.7. The standard InChI is InChI=1S/C19H34N2/c1-8-16-10-12-17(13-11-16)21(7)15-19(6,9-2)14-20-18(3,4)5/h10-13,20H,8-9,14-15H2,1-7H3. The molecule has 2 heteroatoms. The molecule has 0 amide bonds. The van der Waals surface area contributed by atoms with Crippen LogP contribution in [-0.2, 0) is 6.42 Å². The Hall–Kier alpha value is -1.02. The van der Waals surface area contributed by atoms with Gasteiger partial charge >= 0.3 is 0 Å². The summed E-state index contributed by atoms with van der Waals surface area (Å²) in [5, 5.41) is 3.66. The number of aryl methyl sites for hydroxylation is 1. The van der Waals surface area contributed by atoms with Crippen LogP contribution in [0.2, 0.25) is 0 Å². The Bertz CT molecular complexity index is 416. The average Bonchev–Trinajstić information content (AvgIpc) is 2.44. The molecule has 1 aromatic rings. The molecule has 0 heterocycles. The molecule has 120 valence electrons. The molecular formula is C19H34N2. The number of nitrogens with one attached hydrogen (secondary N) is 1. The lowest BCUT2D eigenvalue weighted by Crippen LogP contribution is -2.46. The van der Waals surface area contributed by atoms with Crippen LogP contribution in [0.3, 0.4) is 0 Å². The maximum absolute atomic E-state index is 3.66. The highest BCUT2D eigenvalue weighted by atomic mass is 15.1. The average molecular weight is 290 g/mol. The van der Waals surface area contributed by atoms with Crippen molar-refractivity contribution in [1.29, 1.82) is 0 Å². The van der Waals surface area contributed by atoms with Gasteiger partial charge in [0.05, 0.1) is 0 Å². The molecule has 21 heavy (non-hydrogen) atoms. The van der Waals surface area contributed by atoms with E-state index in [1.54, 1.807) is 0 Å². The molecule has 1 rings (SSSR count). The fourth-order valence-electron chi connectivity index (χ4n) is 2.42. The second-order valence-electron chi connectivity index (χ2n) is 7.64. The van der Waals surface area contributed by atoms with Crippen molar-refractivity contribution in [3.8, 4) is 0 Å². The summed E-state index contributed by atoms with van der Waals surface area (Å²) in [6.07, 6.45) is 2.28. The summed E-state index contributed by atoms with van der Waals surface area (Å²) in [6, 6.07) is 8.96. The van der Waals surface area contributed by atoms with Gasteiger partial charge in [-0.25, -0.2) is 0 Å². The number of hydrogen-bond donors (Lipinski definition) is 1. The van der Waals surface area contributed by atoms with Gasteiger partial charge in [0.25, 0.3) is 0 Å². The molecule has 0 aliphatic carbocycles. The van der Waals surface area contributed by atoms with E-state index in [2.05, 4.69) is 83.1 Å². The minimum absolute atomic E-state index is 0.178. The molecule has 1 unspecified atom stereocenters. The van der Waals surface area contributed by atoms with E-state index in [0.717, 1.165) is 19.5 Å². The number of hydrogen-bond acceptors (Lipinski definition) is 2. The Morgan fingerprint density at radius 3 is 2.00 bits per heavy atom. The van der Waals surface area contributed by atoms with Crippen molar-refractivity contribution >= 4 is 5.69 Å². The minimum Gasteiger partial charge on any atom is -0.374 e. The third-order valence-electron chi connectivity index (χ3n) is 4.30. The monoisotopic (exact) mass is 290 g/mol. The van der Waals surface area contributed by atoms with E-state index in [1.807, 2.05) is 0 Å². The van der Waals surface area contributed by atoms with Gasteiger partial charge in [-0.15, -0.1) is 0 Å². The molecule has 0 saturated carbocycles. The van der Waals surface area contributed by atoms with Crippen molar-refractivity contribution in [1.82, 2.24) is 5.32 Å². The summed E-state index contributed by atoms with van der Waals surface area (Å²) in [7, 11) is 2.20. The van der Waals surface area contributed by atoms with E-state index in [4.69, 9.17) is 0 Å². The maximum Gasteiger partial charge on any atom is 0.0363 e. The van der Waals surface area contributed by atoms with Crippen LogP contribution in [-0.4, -0.2) is 25.7 Å². The minimum atomic E-state index is 0.178. The first-order valence-electron chi connectivity index (χ1n) is 8.24. The van der Waals surface area contributed by atoms with Gasteiger partial charge in [-0.3, -0.25) is 0 Å². The second-order valence-corrected chi connectivity index (χ2v) is 7.64. The summed E-state index contributed by atoms with van der Waals surface area (Å²) < 4.78 is 0. The highest BCUT2D eigenvalue weighted by Crippen LogP contribution is 2.25. The lowest BCUT2D eigenvalue weighted by molar-refractivity contribution is 0.262. The Labute approximate surface area is 131 Å². The lowest BCUT2D eigenvalue weighted by Gasteiger charge is -2.37. The Balaban J connectivity index is 2.69. The fourth-order valence-corrected chi connectivity index (χ4v) is 2.42. The van der Waals surface area contributed by atoms with Crippen molar-refractivity contribution in [3.63, 3.8) is 0 Å². The van der Waals surface area contributed by atoms with Gasteiger partial charge in [-0.05, 0) is 56.7 Å². The molecule has 0 saturated heterocycles. The van der Waals surface area contributed by atoms with E-state index in [-0.39, 0.29) is 11.0 Å². The molecule has 1 N–H and O–H groups in total. The summed E-state index contributed by atoms with van der Waals surface area (Å²) >= 11 is 0. The van der Waals surface area contributed by atoms with Gasteiger partial charge < -0.3 is 10.2 Å². The van der Waals surface area contributed by atoms with E-state index in [9.17, 15) is 0 Å². The molecule has 0 bridgehead atoms. The van der Waals surface area contributed by atoms with Crippen molar-refractivity contribution in [2.75, 3.05) is 25.0 Å². The fraction of sp³-hybridized carbons (Fsp3) is 0.684. The topological polar surface area (TPSA) is 15.3 Å². The molecule has 0 radical (unpaired) electrons. The third kappa shape index (κ3) is 6.09. The SMILES string of the molecule is CCc1ccc(N(C)CC(C)(CC)CNC(C)(C)C)cc1. The molecule has 1 atom stereocenters. The normalized spacial score (nSPS) is 14.8. The van der Waals surface area contributed by atoms with Crippen molar-refractivity contribution in [3.05, 3.63) is 29.8 Å². The predicted molar refractivity (Wildman–Crippen MR) is 95.2 cm³/mol. The number of nitrogens with zero attached hydrogens (tertiary/aromatic N) is 1. The first kappa shape index (κ1) is 18.0. The first-order chi connectivity index (χ1) is 9.69. The van der Waals surface area contributed by atoms with Crippen molar-refractivity contribution < 1.29 is 0 Å². The summed E-state index contributed by atoms with van der Waals surface area (Å²) in [5.41, 5.74) is 3.17. The Morgan fingerprint density at radius 1 is 1.00 bits per heavy atom. The number of anilines is 1. The van der Waals surface area contributed by atoms with Crippen LogP contribution in [0.4, 0.5) is 5.69 Å². The van der Waals surface area contributed by atoms with Crippen molar-refractivity contribution in [2.24, 2.45) is 5.41 Å². The van der Waals surface area contributed by atoms with Gasteiger partial charge in [-0.1, -0.05) is 32.9 Å². The molecule has 0 aliphatic heterocycles. The largest absolute Gasteiger partial charge is 0.374 e.